The standard InChI is InChI=1S/C25H21BrN2O4S/c1-3-13-31-25(30)21-19(16-9-11-18(26)12-10-16)14-33-24(21)27-23(29)20-15(2)32-28-22(20)17-7-5-4-6-8-17/h4-12,14H,3,13H2,1-2H3,(H,27,29). The van der Waals surface area contributed by atoms with Crippen molar-refractivity contribution in [3.63, 3.8) is 0 Å². The summed E-state index contributed by atoms with van der Waals surface area (Å²) in [6.45, 7) is 3.91. The summed E-state index contributed by atoms with van der Waals surface area (Å²) in [7, 11) is 0. The number of aryl methyl sites for hydroxylation is 1. The predicted octanol–water partition coefficient (Wildman–Crippen LogP) is 6.96. The molecule has 8 heteroatoms. The van der Waals surface area contributed by atoms with Gasteiger partial charge in [0.05, 0.1) is 6.61 Å². The van der Waals surface area contributed by atoms with Gasteiger partial charge in [-0.15, -0.1) is 11.3 Å². The number of aromatic nitrogens is 1. The summed E-state index contributed by atoms with van der Waals surface area (Å²) in [6, 6.07) is 17.0. The number of ether oxygens (including phenoxy) is 1. The Balaban J connectivity index is 1.71. The zero-order valence-corrected chi connectivity index (χ0v) is 20.5. The van der Waals surface area contributed by atoms with E-state index in [2.05, 4.69) is 26.4 Å². The van der Waals surface area contributed by atoms with E-state index in [0.717, 1.165) is 15.6 Å². The van der Waals surface area contributed by atoms with Crippen LogP contribution in [0.2, 0.25) is 0 Å². The van der Waals surface area contributed by atoms with Gasteiger partial charge < -0.3 is 14.6 Å². The van der Waals surface area contributed by atoms with Crippen molar-refractivity contribution in [3.05, 3.63) is 81.3 Å². The number of thiophene rings is 1. The molecule has 0 atom stereocenters. The number of hydrogen-bond acceptors (Lipinski definition) is 6. The number of carbonyl (C=O) groups is 2. The lowest BCUT2D eigenvalue weighted by molar-refractivity contribution is 0.0507. The normalized spacial score (nSPS) is 10.8. The molecule has 0 aliphatic carbocycles. The molecule has 6 nitrogen and oxygen atoms in total. The number of hydrogen-bond donors (Lipinski definition) is 1. The number of anilines is 1. The lowest BCUT2D eigenvalue weighted by Crippen LogP contribution is -2.16. The number of rotatable bonds is 7. The SMILES string of the molecule is CCCOC(=O)c1c(-c2ccc(Br)cc2)csc1NC(=O)c1c(-c2ccccc2)noc1C. The topological polar surface area (TPSA) is 81.4 Å². The molecule has 0 spiro atoms. The Hall–Kier alpha value is -3.23. The Bertz CT molecular complexity index is 1280. The van der Waals surface area contributed by atoms with Crippen molar-refractivity contribution < 1.29 is 18.8 Å². The Morgan fingerprint density at radius 2 is 1.79 bits per heavy atom. The molecule has 0 aliphatic rings. The van der Waals surface area contributed by atoms with Crippen LogP contribution in [0.25, 0.3) is 22.4 Å². The number of halogens is 1. The number of carbonyl (C=O) groups excluding carboxylic acids is 2. The Labute approximate surface area is 203 Å². The fraction of sp³-hybridized carbons (Fsp3) is 0.160. The van der Waals surface area contributed by atoms with Crippen LogP contribution in [0.15, 0.2) is 69.0 Å². The molecule has 33 heavy (non-hydrogen) atoms. The maximum atomic E-state index is 13.3. The van der Waals surface area contributed by atoms with E-state index < -0.39 is 11.9 Å². The lowest BCUT2D eigenvalue weighted by atomic mass is 10.0. The fourth-order valence-corrected chi connectivity index (χ4v) is 4.58. The molecule has 168 valence electrons. The smallest absolute Gasteiger partial charge is 0.341 e. The van der Waals surface area contributed by atoms with Gasteiger partial charge >= 0.3 is 5.97 Å². The molecule has 0 saturated heterocycles. The van der Waals surface area contributed by atoms with Crippen molar-refractivity contribution >= 4 is 44.1 Å². The first-order valence-electron chi connectivity index (χ1n) is 10.4. The van der Waals surface area contributed by atoms with Crippen molar-refractivity contribution in [3.8, 4) is 22.4 Å². The van der Waals surface area contributed by atoms with Crippen LogP contribution >= 0.6 is 27.3 Å². The van der Waals surface area contributed by atoms with Crippen molar-refractivity contribution in [2.45, 2.75) is 20.3 Å². The number of amides is 1. The Morgan fingerprint density at radius 3 is 2.48 bits per heavy atom. The zero-order valence-electron chi connectivity index (χ0n) is 18.1. The minimum atomic E-state index is -0.475. The average Bonchev–Trinajstić information content (AvgIpc) is 3.42. The van der Waals surface area contributed by atoms with Gasteiger partial charge in [-0.1, -0.05) is 70.5 Å². The first-order valence-corrected chi connectivity index (χ1v) is 12.0. The molecule has 1 N–H and O–H groups in total. The zero-order chi connectivity index (χ0) is 23.4. The molecule has 1 amide bonds. The van der Waals surface area contributed by atoms with Crippen molar-refractivity contribution in [1.82, 2.24) is 5.16 Å². The predicted molar refractivity (Wildman–Crippen MR) is 133 cm³/mol. The molecule has 0 fully saturated rings. The summed E-state index contributed by atoms with van der Waals surface area (Å²) < 4.78 is 11.7. The lowest BCUT2D eigenvalue weighted by Gasteiger charge is -2.10. The van der Waals surface area contributed by atoms with Crippen LogP contribution in [-0.2, 0) is 4.74 Å². The van der Waals surface area contributed by atoms with Crippen molar-refractivity contribution in [2.24, 2.45) is 0 Å². The summed E-state index contributed by atoms with van der Waals surface area (Å²) in [4.78, 5) is 26.3. The van der Waals surface area contributed by atoms with Crippen LogP contribution in [0.1, 0.15) is 39.8 Å². The van der Waals surface area contributed by atoms with E-state index in [-0.39, 0.29) is 0 Å². The monoisotopic (exact) mass is 524 g/mol. The molecular weight excluding hydrogens is 504 g/mol. The van der Waals surface area contributed by atoms with E-state index in [0.29, 0.717) is 46.2 Å². The van der Waals surface area contributed by atoms with Crippen LogP contribution < -0.4 is 5.32 Å². The Morgan fingerprint density at radius 1 is 1.06 bits per heavy atom. The number of nitrogens with one attached hydrogen (secondary N) is 1. The third-order valence-electron chi connectivity index (χ3n) is 4.95. The molecular formula is C25H21BrN2O4S. The minimum Gasteiger partial charge on any atom is -0.462 e. The van der Waals surface area contributed by atoms with E-state index in [4.69, 9.17) is 9.26 Å². The van der Waals surface area contributed by atoms with E-state index in [1.54, 1.807) is 6.92 Å². The van der Waals surface area contributed by atoms with Gasteiger partial charge in [0.1, 0.15) is 27.6 Å². The number of benzene rings is 2. The van der Waals surface area contributed by atoms with Crippen LogP contribution in [0.3, 0.4) is 0 Å². The maximum Gasteiger partial charge on any atom is 0.341 e. The quantitative estimate of drug-likeness (QED) is 0.264. The minimum absolute atomic E-state index is 0.296. The van der Waals surface area contributed by atoms with Crippen LogP contribution in [0.5, 0.6) is 0 Å². The van der Waals surface area contributed by atoms with Gasteiger partial charge in [-0.3, -0.25) is 4.79 Å². The van der Waals surface area contributed by atoms with Gasteiger partial charge in [0.15, 0.2) is 0 Å². The molecule has 2 aromatic carbocycles. The third-order valence-corrected chi connectivity index (χ3v) is 6.38. The van der Waals surface area contributed by atoms with E-state index in [1.807, 2.05) is 66.9 Å². The molecule has 0 bridgehead atoms. The van der Waals surface area contributed by atoms with Crippen LogP contribution in [0.4, 0.5) is 5.00 Å². The summed E-state index contributed by atoms with van der Waals surface area (Å²) in [6.07, 6.45) is 0.700. The van der Waals surface area contributed by atoms with Gasteiger partial charge in [-0.2, -0.15) is 0 Å². The molecule has 2 heterocycles. The highest BCUT2D eigenvalue weighted by Crippen LogP contribution is 2.37. The molecule has 0 saturated carbocycles. The third kappa shape index (κ3) is 4.91. The first kappa shape index (κ1) is 22.9. The highest BCUT2D eigenvalue weighted by molar-refractivity contribution is 9.10. The Kier molecular flexibility index (Phi) is 7.05. The molecule has 0 radical (unpaired) electrons. The molecule has 0 unspecified atom stereocenters. The second-order valence-corrected chi connectivity index (χ2v) is 9.07. The van der Waals surface area contributed by atoms with E-state index in [9.17, 15) is 9.59 Å². The second-order valence-electron chi connectivity index (χ2n) is 7.28. The van der Waals surface area contributed by atoms with Crippen LogP contribution in [0, 0.1) is 6.92 Å². The first-order chi connectivity index (χ1) is 16.0. The fourth-order valence-electron chi connectivity index (χ4n) is 3.36. The van der Waals surface area contributed by atoms with Crippen LogP contribution in [-0.4, -0.2) is 23.6 Å². The summed E-state index contributed by atoms with van der Waals surface area (Å²) >= 11 is 4.71. The van der Waals surface area contributed by atoms with Gasteiger partial charge in [0, 0.05) is 21.0 Å². The van der Waals surface area contributed by atoms with Gasteiger partial charge in [0.25, 0.3) is 5.91 Å². The molecule has 2 aromatic heterocycles. The highest BCUT2D eigenvalue weighted by atomic mass is 79.9. The van der Waals surface area contributed by atoms with E-state index in [1.165, 1.54) is 11.3 Å². The molecule has 0 aliphatic heterocycles. The van der Waals surface area contributed by atoms with E-state index >= 15 is 0 Å². The largest absolute Gasteiger partial charge is 0.462 e. The maximum absolute atomic E-state index is 13.3. The number of esters is 1. The van der Waals surface area contributed by atoms with Crippen molar-refractivity contribution in [1.29, 1.82) is 0 Å². The summed E-state index contributed by atoms with van der Waals surface area (Å²) in [5.74, 6) is -0.482. The van der Waals surface area contributed by atoms with Gasteiger partial charge in [0.2, 0.25) is 0 Å². The van der Waals surface area contributed by atoms with Gasteiger partial charge in [-0.25, -0.2) is 4.79 Å². The highest BCUT2D eigenvalue weighted by Gasteiger charge is 2.26. The summed E-state index contributed by atoms with van der Waals surface area (Å²) in [5.41, 5.74) is 3.43. The molecule has 4 rings (SSSR count). The average molecular weight is 525 g/mol. The van der Waals surface area contributed by atoms with Gasteiger partial charge in [-0.05, 0) is 31.0 Å². The number of nitrogens with zero attached hydrogens (tertiary/aromatic N) is 1. The van der Waals surface area contributed by atoms with Crippen molar-refractivity contribution in [2.75, 3.05) is 11.9 Å². The summed E-state index contributed by atoms with van der Waals surface area (Å²) in [5, 5.41) is 9.23. The molecule has 4 aromatic rings. The second kappa shape index (κ2) is 10.1.